The Morgan fingerprint density at radius 3 is 2.07 bits per heavy atom. The van der Waals surface area contributed by atoms with Crippen molar-refractivity contribution in [2.75, 3.05) is 6.61 Å². The number of ether oxygens (including phenoxy) is 1. The second-order valence-corrected chi connectivity index (χ2v) is 6.43. The maximum atomic E-state index is 13.0. The van der Waals surface area contributed by atoms with Crippen LogP contribution in [0.1, 0.15) is 28.3 Å². The average Bonchev–Trinajstić information content (AvgIpc) is 2.66. The van der Waals surface area contributed by atoms with Gasteiger partial charge in [0.2, 0.25) is 5.91 Å². The molecule has 2 aromatic carbocycles. The van der Waals surface area contributed by atoms with Crippen molar-refractivity contribution in [1.29, 1.82) is 0 Å². The molecule has 0 saturated carbocycles. The molecule has 2 atom stereocenters. The van der Waals surface area contributed by atoms with Crippen LogP contribution in [-0.4, -0.2) is 18.6 Å². The normalized spacial score (nSPS) is 20.7. The number of amides is 1. The number of carbonyl (C=O) groups excluding carboxylic acids is 1. The fraction of sp³-hybridized carbons (Fsp3) is 0.250. The molecule has 3 nitrogen and oxygen atoms in total. The zero-order valence-corrected chi connectivity index (χ0v) is 14.7. The SMILES string of the molecule is O=C1COC(/C=C/c2cc(C(F)(F)F)cc(C(F)(F)F)c2)C(c2ccccc2)N1. The Morgan fingerprint density at radius 2 is 1.52 bits per heavy atom. The molecule has 1 heterocycles. The van der Waals surface area contributed by atoms with Gasteiger partial charge in [-0.25, -0.2) is 0 Å². The predicted molar refractivity (Wildman–Crippen MR) is 92.5 cm³/mol. The summed E-state index contributed by atoms with van der Waals surface area (Å²) < 4.78 is 83.4. The Morgan fingerprint density at radius 1 is 0.931 bits per heavy atom. The number of alkyl halides is 6. The molecule has 9 heteroatoms. The lowest BCUT2D eigenvalue weighted by Crippen LogP contribution is -2.45. The molecule has 154 valence electrons. The first kappa shape index (κ1) is 20.9. The first-order chi connectivity index (χ1) is 13.5. The minimum Gasteiger partial charge on any atom is -0.362 e. The summed E-state index contributed by atoms with van der Waals surface area (Å²) in [4.78, 5) is 11.7. The molecule has 1 amide bonds. The fourth-order valence-corrected chi connectivity index (χ4v) is 2.95. The summed E-state index contributed by atoms with van der Waals surface area (Å²) in [5.41, 5.74) is -2.39. The van der Waals surface area contributed by atoms with E-state index in [0.29, 0.717) is 17.7 Å². The molecule has 3 rings (SSSR count). The summed E-state index contributed by atoms with van der Waals surface area (Å²) in [6, 6.07) is 9.40. The number of hydrogen-bond donors (Lipinski definition) is 1. The second kappa shape index (κ2) is 7.90. The zero-order valence-electron chi connectivity index (χ0n) is 14.7. The van der Waals surface area contributed by atoms with Crippen LogP contribution in [0.3, 0.4) is 0 Å². The smallest absolute Gasteiger partial charge is 0.362 e. The first-order valence-electron chi connectivity index (χ1n) is 8.47. The van der Waals surface area contributed by atoms with E-state index < -0.39 is 35.6 Å². The molecule has 1 aliphatic rings. The van der Waals surface area contributed by atoms with Gasteiger partial charge in [-0.15, -0.1) is 0 Å². The number of nitrogens with one attached hydrogen (secondary N) is 1. The molecule has 0 aromatic heterocycles. The van der Waals surface area contributed by atoms with Crippen molar-refractivity contribution < 1.29 is 35.9 Å². The third-order valence-electron chi connectivity index (χ3n) is 4.30. The highest BCUT2D eigenvalue weighted by Gasteiger charge is 2.37. The van der Waals surface area contributed by atoms with Crippen molar-refractivity contribution in [1.82, 2.24) is 5.32 Å². The monoisotopic (exact) mass is 415 g/mol. The zero-order chi connectivity index (χ0) is 21.2. The van der Waals surface area contributed by atoms with Crippen molar-refractivity contribution in [3.8, 4) is 0 Å². The van der Waals surface area contributed by atoms with Gasteiger partial charge in [0.15, 0.2) is 0 Å². The van der Waals surface area contributed by atoms with Crippen LogP contribution >= 0.6 is 0 Å². The van der Waals surface area contributed by atoms with Crippen molar-refractivity contribution in [3.05, 3.63) is 76.9 Å². The molecule has 1 saturated heterocycles. The Balaban J connectivity index is 1.94. The Labute approximate surface area is 162 Å². The summed E-state index contributed by atoms with van der Waals surface area (Å²) in [5.74, 6) is -0.373. The minimum atomic E-state index is -4.92. The van der Waals surface area contributed by atoms with Gasteiger partial charge >= 0.3 is 12.4 Å². The van der Waals surface area contributed by atoms with E-state index in [-0.39, 0.29) is 24.1 Å². The number of hydrogen-bond acceptors (Lipinski definition) is 2. The first-order valence-corrected chi connectivity index (χ1v) is 8.47. The summed E-state index contributed by atoms with van der Waals surface area (Å²) in [6.45, 7) is -0.269. The second-order valence-electron chi connectivity index (χ2n) is 6.43. The minimum absolute atomic E-state index is 0.0709. The summed E-state index contributed by atoms with van der Waals surface area (Å²) in [7, 11) is 0. The highest BCUT2D eigenvalue weighted by atomic mass is 19.4. The van der Waals surface area contributed by atoms with Gasteiger partial charge in [-0.3, -0.25) is 4.79 Å². The molecule has 1 N–H and O–H groups in total. The number of halogens is 6. The van der Waals surface area contributed by atoms with Gasteiger partial charge in [0.1, 0.15) is 12.7 Å². The molecule has 0 spiro atoms. The van der Waals surface area contributed by atoms with Crippen LogP contribution in [0.5, 0.6) is 0 Å². The van der Waals surface area contributed by atoms with Gasteiger partial charge < -0.3 is 10.1 Å². The van der Waals surface area contributed by atoms with Gasteiger partial charge in [0.05, 0.1) is 17.2 Å². The standard InChI is InChI=1S/C20H15F6NO2/c21-19(22,23)14-8-12(9-15(10-14)20(24,25)26)6-7-16-18(27-17(28)11-29-16)13-4-2-1-3-5-13/h1-10,16,18H,11H2,(H,27,28)/b7-6+. The lowest BCUT2D eigenvalue weighted by atomic mass is 9.98. The van der Waals surface area contributed by atoms with Gasteiger partial charge in [-0.1, -0.05) is 42.5 Å². The Bertz CT molecular complexity index is 873. The molecule has 1 fully saturated rings. The van der Waals surface area contributed by atoms with E-state index in [0.717, 1.165) is 6.08 Å². The molecule has 1 aliphatic heterocycles. The highest BCUT2D eigenvalue weighted by Crippen LogP contribution is 2.36. The average molecular weight is 415 g/mol. The molecule has 29 heavy (non-hydrogen) atoms. The van der Waals surface area contributed by atoms with Crippen LogP contribution in [0.4, 0.5) is 26.3 Å². The van der Waals surface area contributed by atoms with Crippen LogP contribution < -0.4 is 5.32 Å². The topological polar surface area (TPSA) is 38.3 Å². The van der Waals surface area contributed by atoms with E-state index >= 15 is 0 Å². The molecule has 2 unspecified atom stereocenters. The van der Waals surface area contributed by atoms with Crippen LogP contribution in [0.2, 0.25) is 0 Å². The van der Waals surface area contributed by atoms with E-state index in [1.165, 1.54) is 6.08 Å². The maximum absolute atomic E-state index is 13.0. The molecular weight excluding hydrogens is 400 g/mol. The Hall–Kier alpha value is -2.81. The van der Waals surface area contributed by atoms with Crippen molar-refractivity contribution in [3.63, 3.8) is 0 Å². The van der Waals surface area contributed by atoms with E-state index in [2.05, 4.69) is 5.32 Å². The third kappa shape index (κ3) is 5.17. The summed E-state index contributed by atoms with van der Waals surface area (Å²) in [6.07, 6.45) is -8.15. The maximum Gasteiger partial charge on any atom is 0.416 e. The lowest BCUT2D eigenvalue weighted by Gasteiger charge is -2.31. The molecule has 2 aromatic rings. The van der Waals surface area contributed by atoms with Crippen LogP contribution in [0, 0.1) is 0 Å². The van der Waals surface area contributed by atoms with Crippen molar-refractivity contribution >= 4 is 12.0 Å². The van der Waals surface area contributed by atoms with Crippen LogP contribution in [0.25, 0.3) is 6.08 Å². The van der Waals surface area contributed by atoms with Crippen LogP contribution in [0.15, 0.2) is 54.6 Å². The number of benzene rings is 2. The van der Waals surface area contributed by atoms with E-state index in [1.54, 1.807) is 30.3 Å². The number of rotatable bonds is 3. The molecule has 0 aliphatic carbocycles. The van der Waals surface area contributed by atoms with E-state index in [9.17, 15) is 31.1 Å². The number of morpholine rings is 1. The third-order valence-corrected chi connectivity index (χ3v) is 4.30. The summed E-state index contributed by atoms with van der Waals surface area (Å²) in [5, 5.41) is 2.72. The quantitative estimate of drug-likeness (QED) is 0.717. The summed E-state index contributed by atoms with van der Waals surface area (Å²) >= 11 is 0. The Kier molecular flexibility index (Phi) is 5.70. The lowest BCUT2D eigenvalue weighted by molar-refractivity contribution is -0.143. The van der Waals surface area contributed by atoms with Gasteiger partial charge in [-0.05, 0) is 29.3 Å². The van der Waals surface area contributed by atoms with Crippen LogP contribution in [-0.2, 0) is 21.9 Å². The van der Waals surface area contributed by atoms with Gasteiger partial charge in [0.25, 0.3) is 0 Å². The van der Waals surface area contributed by atoms with Gasteiger partial charge in [-0.2, -0.15) is 26.3 Å². The molecule has 0 bridgehead atoms. The van der Waals surface area contributed by atoms with Gasteiger partial charge in [0, 0.05) is 0 Å². The largest absolute Gasteiger partial charge is 0.416 e. The van der Waals surface area contributed by atoms with E-state index in [4.69, 9.17) is 4.74 Å². The molecular formula is C20H15F6NO2. The predicted octanol–water partition coefficient (Wildman–Crippen LogP) is 4.99. The fourth-order valence-electron chi connectivity index (χ4n) is 2.95. The van der Waals surface area contributed by atoms with E-state index in [1.807, 2.05) is 0 Å². The highest BCUT2D eigenvalue weighted by molar-refractivity contribution is 5.78. The molecule has 0 radical (unpaired) electrons. The van der Waals surface area contributed by atoms with Crippen molar-refractivity contribution in [2.45, 2.75) is 24.5 Å². The number of carbonyl (C=O) groups is 1. The van der Waals surface area contributed by atoms with Crippen molar-refractivity contribution in [2.24, 2.45) is 0 Å².